The van der Waals surface area contributed by atoms with E-state index in [9.17, 15) is 0 Å². The van der Waals surface area contributed by atoms with Gasteiger partial charge >= 0.3 is 0 Å². The normalized spacial score (nSPS) is 13.9. The van der Waals surface area contributed by atoms with Crippen LogP contribution in [0.2, 0.25) is 13.1 Å². The summed E-state index contributed by atoms with van der Waals surface area (Å²) in [6.07, 6.45) is 0. The first-order valence-electron chi connectivity index (χ1n) is 27.7. The zero-order valence-corrected chi connectivity index (χ0v) is 46.3. The zero-order valence-electron chi connectivity index (χ0n) is 44.3. The van der Waals surface area contributed by atoms with Crippen molar-refractivity contribution in [3.8, 4) is 27.9 Å². The number of aromatic nitrogens is 1. The van der Waals surface area contributed by atoms with Gasteiger partial charge in [0.2, 0.25) is 0 Å². The van der Waals surface area contributed by atoms with Crippen molar-refractivity contribution in [3.05, 3.63) is 326 Å². The minimum Gasteiger partial charge on any atom is -0.310 e. The van der Waals surface area contributed by atoms with Gasteiger partial charge in [0, 0.05) is 33.3 Å². The molecule has 0 spiro atoms. The molecule has 0 amide bonds. The fourth-order valence-electron chi connectivity index (χ4n) is 14.2. The average Bonchev–Trinajstić information content (AvgIpc) is 4.20. The molecule has 374 valence electrons. The summed E-state index contributed by atoms with van der Waals surface area (Å²) in [4.78, 5) is 2.59. The monoisotopic (exact) mass is 1040 g/mol. The molecule has 2 aliphatic rings. The van der Waals surface area contributed by atoms with E-state index in [0.29, 0.717) is 0 Å². The van der Waals surface area contributed by atoms with Crippen LogP contribution in [0.25, 0.3) is 49.7 Å². The number of rotatable bonds is 9. The van der Waals surface area contributed by atoms with Crippen molar-refractivity contribution < 1.29 is 0 Å². The van der Waals surface area contributed by atoms with Gasteiger partial charge in [-0.3, -0.25) is 0 Å². The Kier molecular flexibility index (Phi) is 10.9. The number of fused-ring (bicyclic) bond motifs is 8. The Morgan fingerprint density at radius 3 is 1.27 bits per heavy atom. The summed E-state index contributed by atoms with van der Waals surface area (Å²) in [7, 11) is -5.31. The molecule has 0 atom stereocenters. The van der Waals surface area contributed by atoms with Gasteiger partial charge in [-0.1, -0.05) is 280 Å². The molecular formula is C75H56N2Si2. The van der Waals surface area contributed by atoms with Gasteiger partial charge in [0.05, 0.1) is 27.8 Å². The molecule has 2 nitrogen and oxygen atoms in total. The maximum atomic E-state index is 2.61. The Labute approximate surface area is 464 Å². The molecule has 0 saturated heterocycles. The third-order valence-corrected chi connectivity index (χ3v) is 26.0. The Morgan fingerprint density at radius 1 is 0.304 bits per heavy atom. The van der Waals surface area contributed by atoms with Gasteiger partial charge in [-0.25, -0.2) is 0 Å². The van der Waals surface area contributed by atoms with Crippen LogP contribution in [0, 0.1) is 0 Å². The van der Waals surface area contributed by atoms with Crippen LogP contribution in [-0.2, 0) is 5.41 Å². The van der Waals surface area contributed by atoms with Crippen molar-refractivity contribution in [1.29, 1.82) is 0 Å². The highest BCUT2D eigenvalue weighted by atomic mass is 28.3. The number of para-hydroxylation sites is 5. The first kappa shape index (κ1) is 46.9. The molecule has 13 aromatic rings. The van der Waals surface area contributed by atoms with Crippen molar-refractivity contribution in [3.63, 3.8) is 0 Å². The molecule has 79 heavy (non-hydrogen) atoms. The fraction of sp³-hybridized carbons (Fsp3) is 0.0400. The summed E-state index contributed by atoms with van der Waals surface area (Å²) in [5.41, 5.74) is 16.8. The molecule has 1 aliphatic carbocycles. The van der Waals surface area contributed by atoms with Crippen molar-refractivity contribution >= 4 is 86.1 Å². The maximum Gasteiger partial charge on any atom is 0.179 e. The number of hydrogen-bond acceptors (Lipinski definition) is 1. The molecule has 0 N–H and O–H groups in total. The van der Waals surface area contributed by atoms with E-state index in [-0.39, 0.29) is 0 Å². The van der Waals surface area contributed by atoms with E-state index in [1.165, 1.54) is 109 Å². The Hall–Kier alpha value is -9.33. The Morgan fingerprint density at radius 2 is 0.709 bits per heavy atom. The van der Waals surface area contributed by atoms with E-state index in [4.69, 9.17) is 0 Å². The topological polar surface area (TPSA) is 8.17 Å². The molecule has 0 fully saturated rings. The van der Waals surface area contributed by atoms with Crippen LogP contribution >= 0.6 is 0 Å². The van der Waals surface area contributed by atoms with Crippen LogP contribution < -0.4 is 36.0 Å². The van der Waals surface area contributed by atoms with E-state index < -0.39 is 21.6 Å². The highest BCUT2D eigenvalue weighted by Crippen LogP contribution is 2.56. The van der Waals surface area contributed by atoms with Crippen LogP contribution in [0.5, 0.6) is 0 Å². The van der Waals surface area contributed by atoms with Gasteiger partial charge in [0.25, 0.3) is 0 Å². The standard InChI is InChI=1S/C75H56N2Si2/c1-78(2)73-44-24-22-42-71(73)77(72-43-23-25-45-74(72)78)70-51-50-58(52-64(70)63-36-16-21-41-69(63)76-67-39-19-14-34-61(67)62-35-15-20-40-68(62)76)79(55-28-8-4-9-29-55,56-30-10-5-11-31-56)57-48-46-54(47-49-57)75(53-26-6-3-7-27-53)65-37-17-12-32-59(65)60-33-13-18-38-66(60)75/h3-52H,1-2H3. The molecule has 1 aliphatic heterocycles. The fourth-order valence-corrected chi connectivity index (χ4v) is 22.0. The summed E-state index contributed by atoms with van der Waals surface area (Å²) < 4.78 is 2.50. The second-order valence-corrected chi connectivity index (χ2v) is 30.0. The van der Waals surface area contributed by atoms with Gasteiger partial charge in [0.1, 0.15) is 8.07 Å². The lowest BCUT2D eigenvalue weighted by Crippen LogP contribution is -2.74. The molecule has 1 aromatic heterocycles. The van der Waals surface area contributed by atoms with E-state index in [0.717, 1.165) is 11.4 Å². The lowest BCUT2D eigenvalue weighted by Gasteiger charge is -2.42. The second-order valence-electron chi connectivity index (χ2n) is 21.9. The first-order chi connectivity index (χ1) is 39.0. The van der Waals surface area contributed by atoms with Crippen molar-refractivity contribution in [2.45, 2.75) is 18.5 Å². The molecule has 0 saturated carbocycles. The highest BCUT2D eigenvalue weighted by Gasteiger charge is 2.48. The van der Waals surface area contributed by atoms with Crippen molar-refractivity contribution in [2.75, 3.05) is 4.90 Å². The van der Waals surface area contributed by atoms with Crippen LogP contribution in [-0.4, -0.2) is 20.7 Å². The Bertz CT molecular complexity index is 4280. The second kappa shape index (κ2) is 18.4. The van der Waals surface area contributed by atoms with E-state index in [1.807, 2.05) is 0 Å². The average molecular weight is 1040 g/mol. The summed E-state index contributed by atoms with van der Waals surface area (Å²) in [6, 6.07) is 115. The molecule has 12 aromatic carbocycles. The van der Waals surface area contributed by atoms with Crippen LogP contribution in [0.4, 0.5) is 17.1 Å². The van der Waals surface area contributed by atoms with Gasteiger partial charge in [-0.15, -0.1) is 0 Å². The maximum absolute atomic E-state index is 3.20. The quantitative estimate of drug-likeness (QED) is 0.103. The molecule has 0 bridgehead atoms. The molecule has 2 heterocycles. The summed E-state index contributed by atoms with van der Waals surface area (Å²) in [5.74, 6) is 0. The van der Waals surface area contributed by atoms with Gasteiger partial charge in [-0.2, -0.15) is 0 Å². The largest absolute Gasteiger partial charge is 0.310 e. The minimum absolute atomic E-state index is 0.513. The van der Waals surface area contributed by atoms with Gasteiger partial charge in [0.15, 0.2) is 8.07 Å². The number of anilines is 3. The van der Waals surface area contributed by atoms with E-state index in [1.54, 1.807) is 0 Å². The third kappa shape index (κ3) is 6.88. The third-order valence-electron chi connectivity index (χ3n) is 17.6. The molecule has 0 unspecified atom stereocenters. The predicted molar refractivity (Wildman–Crippen MR) is 339 cm³/mol. The molecular weight excluding hydrogens is 985 g/mol. The van der Waals surface area contributed by atoms with Gasteiger partial charge < -0.3 is 9.47 Å². The molecule has 15 rings (SSSR count). The number of nitrogens with zero attached hydrogens (tertiary/aromatic N) is 2. The number of hydrogen-bond donors (Lipinski definition) is 0. The highest BCUT2D eigenvalue weighted by molar-refractivity contribution is 7.20. The summed E-state index contributed by atoms with van der Waals surface area (Å²) in [6.45, 7) is 5.03. The predicted octanol–water partition coefficient (Wildman–Crippen LogP) is 14.8. The number of benzene rings is 12. The van der Waals surface area contributed by atoms with Crippen molar-refractivity contribution in [1.82, 2.24) is 4.57 Å². The lowest BCUT2D eigenvalue weighted by molar-refractivity contribution is 0.769. The smallest absolute Gasteiger partial charge is 0.179 e. The minimum atomic E-state index is -3.20. The SMILES string of the molecule is C[Si]1(C)c2ccccc2N(c2ccc([Si](c3ccccc3)(c3ccccc3)c3ccc(C4(c5ccccc5)c5ccccc5-c5ccccc54)cc3)cc2-c2ccccc2-n2c3ccccc3c3ccccc32)c2ccccc21. The van der Waals surface area contributed by atoms with Crippen molar-refractivity contribution in [2.24, 2.45) is 0 Å². The van der Waals surface area contributed by atoms with Crippen LogP contribution in [0.3, 0.4) is 0 Å². The molecule has 4 heteroatoms. The molecule has 0 radical (unpaired) electrons. The van der Waals surface area contributed by atoms with E-state index in [2.05, 4.69) is 326 Å². The van der Waals surface area contributed by atoms with E-state index >= 15 is 0 Å². The summed E-state index contributed by atoms with van der Waals surface area (Å²) in [5, 5.41) is 10.7. The zero-order chi connectivity index (χ0) is 52.7. The van der Waals surface area contributed by atoms with Crippen LogP contribution in [0.15, 0.2) is 303 Å². The Balaban J connectivity index is 1.03. The first-order valence-corrected chi connectivity index (χ1v) is 32.7. The van der Waals surface area contributed by atoms with Crippen LogP contribution in [0.1, 0.15) is 22.3 Å². The lowest BCUT2D eigenvalue weighted by atomic mass is 9.68. The van der Waals surface area contributed by atoms with Gasteiger partial charge in [-0.05, 0) is 101 Å². The summed E-state index contributed by atoms with van der Waals surface area (Å²) >= 11 is 0.